The summed E-state index contributed by atoms with van der Waals surface area (Å²) in [5, 5.41) is 0. The maximum atomic E-state index is 12.7. The summed E-state index contributed by atoms with van der Waals surface area (Å²) in [6, 6.07) is 0. The molecule has 0 spiro atoms. The van der Waals surface area contributed by atoms with Gasteiger partial charge in [0.2, 0.25) is 0 Å². The van der Waals surface area contributed by atoms with Crippen molar-refractivity contribution in [2.45, 2.75) is 156 Å². The molecule has 0 bridgehead atoms. The summed E-state index contributed by atoms with van der Waals surface area (Å²) in [5.41, 5.74) is -3.27. The van der Waals surface area contributed by atoms with Crippen molar-refractivity contribution in [3.63, 3.8) is 0 Å². The lowest BCUT2D eigenvalue weighted by molar-refractivity contribution is -0.216. The molecular weight excluding hydrogens is 505 g/mol. The molecule has 0 aromatic heterocycles. The van der Waals surface area contributed by atoms with E-state index < -0.39 is 47.3 Å². The summed E-state index contributed by atoms with van der Waals surface area (Å²) in [5.74, 6) is -2.22. The lowest BCUT2D eigenvalue weighted by Gasteiger charge is -2.43. The van der Waals surface area contributed by atoms with Crippen LogP contribution in [0.25, 0.3) is 0 Å². The molecule has 0 saturated heterocycles. The Hall–Kier alpha value is -1.55. The molecule has 0 heterocycles. The Morgan fingerprint density at radius 2 is 1.34 bits per heavy atom. The van der Waals surface area contributed by atoms with Crippen molar-refractivity contribution in [2.75, 3.05) is 6.61 Å². The molecule has 0 rings (SSSR count). The molecule has 0 N–H and O–H groups in total. The van der Waals surface area contributed by atoms with Gasteiger partial charge >= 0.3 is 18.3 Å². The highest BCUT2D eigenvalue weighted by molar-refractivity contribution is 5.76. The fourth-order valence-electron chi connectivity index (χ4n) is 4.39. The third-order valence-corrected chi connectivity index (χ3v) is 7.23. The number of carbonyl (C=O) groups excluding carboxylic acids is 2. The molecule has 0 fully saturated rings. The summed E-state index contributed by atoms with van der Waals surface area (Å²) >= 11 is 0. The number of carbonyl (C=O) groups is 2. The van der Waals surface area contributed by atoms with Crippen molar-refractivity contribution in [3.8, 4) is 0 Å². The third-order valence-electron chi connectivity index (χ3n) is 7.23. The lowest BCUT2D eigenvalue weighted by atomic mass is 9.72. The van der Waals surface area contributed by atoms with Crippen LogP contribution < -0.4 is 0 Å². The number of ether oxygens (including phenoxy) is 5. The highest BCUT2D eigenvalue weighted by atomic mass is 19.4. The molecular formula is C28H51F3O7. The molecule has 0 aromatic carbocycles. The second-order valence-corrected chi connectivity index (χ2v) is 12.2. The van der Waals surface area contributed by atoms with E-state index in [0.717, 1.165) is 0 Å². The SMILES string of the molecule is CCC(C)(CC(C)OC(C)(C)CC(C)OC(=O)OC(C)(CC)C(C)(C)CCOC(C)C)OC(=O)C(F)(F)F. The van der Waals surface area contributed by atoms with Gasteiger partial charge in [-0.15, -0.1) is 0 Å². The number of alkyl halides is 3. The van der Waals surface area contributed by atoms with Gasteiger partial charge in [-0.2, -0.15) is 13.2 Å². The normalized spacial score (nSPS) is 17.8. The van der Waals surface area contributed by atoms with Crippen LogP contribution in [0.4, 0.5) is 18.0 Å². The molecule has 0 radical (unpaired) electrons. The van der Waals surface area contributed by atoms with Gasteiger partial charge in [-0.05, 0) is 74.7 Å². The van der Waals surface area contributed by atoms with Crippen molar-refractivity contribution < 1.29 is 46.4 Å². The minimum Gasteiger partial charge on any atom is -0.453 e. The van der Waals surface area contributed by atoms with Crippen LogP contribution in [0.5, 0.6) is 0 Å². The Balaban J connectivity index is 5.06. The van der Waals surface area contributed by atoms with Crippen LogP contribution in [0.1, 0.15) is 115 Å². The Labute approximate surface area is 227 Å². The minimum absolute atomic E-state index is 0.0660. The smallest absolute Gasteiger partial charge is 0.453 e. The first-order valence-electron chi connectivity index (χ1n) is 13.5. The first kappa shape index (κ1) is 36.5. The zero-order valence-corrected chi connectivity index (χ0v) is 25.5. The van der Waals surface area contributed by atoms with Gasteiger partial charge < -0.3 is 23.7 Å². The van der Waals surface area contributed by atoms with Crippen LogP contribution >= 0.6 is 0 Å². The van der Waals surface area contributed by atoms with Crippen LogP contribution in [0.2, 0.25) is 0 Å². The van der Waals surface area contributed by atoms with E-state index in [1.807, 2.05) is 41.5 Å². The van der Waals surface area contributed by atoms with Gasteiger partial charge in [0.25, 0.3) is 0 Å². The standard InChI is InChI=1S/C28H51F3O7/c1-13-26(11,37-22(32)28(29,30)31)18-21(6)36-25(9,10)17-20(5)35-23(33)38-27(12,14-2)24(7,8)15-16-34-19(3)4/h19-21H,13-18H2,1-12H3. The fraction of sp³-hybridized carbons (Fsp3) is 0.929. The zero-order chi connectivity index (χ0) is 30.2. The van der Waals surface area contributed by atoms with Crippen molar-refractivity contribution in [2.24, 2.45) is 5.41 Å². The fourth-order valence-corrected chi connectivity index (χ4v) is 4.39. The second-order valence-electron chi connectivity index (χ2n) is 12.2. The first-order valence-corrected chi connectivity index (χ1v) is 13.5. The minimum atomic E-state index is -5.06. The second kappa shape index (κ2) is 14.2. The topological polar surface area (TPSA) is 80.3 Å². The van der Waals surface area contributed by atoms with Crippen LogP contribution in [0, 0.1) is 5.41 Å². The largest absolute Gasteiger partial charge is 0.509 e. The molecule has 0 aromatic rings. The Morgan fingerprint density at radius 3 is 1.79 bits per heavy atom. The molecule has 0 saturated carbocycles. The summed E-state index contributed by atoms with van der Waals surface area (Å²) in [7, 11) is 0. The molecule has 10 heteroatoms. The van der Waals surface area contributed by atoms with E-state index >= 15 is 0 Å². The van der Waals surface area contributed by atoms with Crippen LogP contribution in [-0.2, 0) is 28.5 Å². The molecule has 38 heavy (non-hydrogen) atoms. The number of esters is 1. The molecule has 226 valence electrons. The van der Waals surface area contributed by atoms with Gasteiger partial charge in [-0.1, -0.05) is 27.7 Å². The van der Waals surface area contributed by atoms with E-state index in [0.29, 0.717) is 25.9 Å². The zero-order valence-electron chi connectivity index (χ0n) is 25.5. The summed E-state index contributed by atoms with van der Waals surface area (Å²) < 4.78 is 65.9. The molecule has 0 aliphatic heterocycles. The van der Waals surface area contributed by atoms with Gasteiger partial charge in [0, 0.05) is 24.9 Å². The van der Waals surface area contributed by atoms with Crippen molar-refractivity contribution in [1.29, 1.82) is 0 Å². The summed E-state index contributed by atoms with van der Waals surface area (Å²) in [6.07, 6.45) is -4.96. The van der Waals surface area contributed by atoms with E-state index in [4.69, 9.17) is 23.7 Å². The van der Waals surface area contributed by atoms with Gasteiger partial charge in [0.05, 0.1) is 17.8 Å². The molecule has 0 amide bonds. The van der Waals surface area contributed by atoms with Crippen molar-refractivity contribution >= 4 is 12.1 Å². The number of hydrogen-bond acceptors (Lipinski definition) is 7. The molecule has 4 unspecified atom stereocenters. The maximum Gasteiger partial charge on any atom is 0.509 e. The first-order chi connectivity index (χ1) is 17.0. The molecule has 0 aliphatic carbocycles. The van der Waals surface area contributed by atoms with Gasteiger partial charge in [0.1, 0.15) is 17.3 Å². The van der Waals surface area contributed by atoms with Crippen molar-refractivity contribution in [1.82, 2.24) is 0 Å². The van der Waals surface area contributed by atoms with E-state index in [9.17, 15) is 22.8 Å². The average molecular weight is 557 g/mol. The predicted molar refractivity (Wildman–Crippen MR) is 140 cm³/mol. The Kier molecular flexibility index (Phi) is 13.6. The van der Waals surface area contributed by atoms with E-state index in [1.54, 1.807) is 34.6 Å². The summed E-state index contributed by atoms with van der Waals surface area (Å²) in [6.45, 7) is 22.5. The number of rotatable bonds is 16. The molecule has 7 nitrogen and oxygen atoms in total. The van der Waals surface area contributed by atoms with Gasteiger partial charge in [-0.25, -0.2) is 9.59 Å². The predicted octanol–water partition coefficient (Wildman–Crippen LogP) is 7.78. The monoisotopic (exact) mass is 556 g/mol. The quantitative estimate of drug-likeness (QED) is 0.180. The van der Waals surface area contributed by atoms with Crippen LogP contribution in [0.3, 0.4) is 0 Å². The highest BCUT2D eigenvalue weighted by Crippen LogP contribution is 2.40. The van der Waals surface area contributed by atoms with E-state index in [1.165, 1.54) is 6.92 Å². The summed E-state index contributed by atoms with van der Waals surface area (Å²) in [4.78, 5) is 24.1. The van der Waals surface area contributed by atoms with Gasteiger partial charge in [0.15, 0.2) is 0 Å². The van der Waals surface area contributed by atoms with E-state index in [-0.39, 0.29) is 24.4 Å². The lowest BCUT2D eigenvalue weighted by Crippen LogP contribution is -2.47. The number of halogens is 3. The Bertz CT molecular complexity index is 751. The van der Waals surface area contributed by atoms with Crippen molar-refractivity contribution in [3.05, 3.63) is 0 Å². The maximum absolute atomic E-state index is 12.7. The highest BCUT2D eigenvalue weighted by Gasteiger charge is 2.46. The van der Waals surface area contributed by atoms with Crippen LogP contribution in [-0.4, -0.2) is 60.0 Å². The van der Waals surface area contributed by atoms with E-state index in [2.05, 4.69) is 0 Å². The number of hydrogen-bond donors (Lipinski definition) is 0. The third kappa shape index (κ3) is 12.5. The molecule has 0 aliphatic rings. The average Bonchev–Trinajstić information content (AvgIpc) is 2.70. The Morgan fingerprint density at radius 1 is 0.789 bits per heavy atom. The van der Waals surface area contributed by atoms with Crippen LogP contribution in [0.15, 0.2) is 0 Å². The van der Waals surface area contributed by atoms with Gasteiger partial charge in [-0.3, -0.25) is 0 Å². The molecule has 4 atom stereocenters.